The smallest absolute Gasteiger partial charge is 0.168 e. The van der Waals surface area contributed by atoms with Crippen LogP contribution in [0.5, 0.6) is 0 Å². The molecule has 0 aliphatic carbocycles. The fraction of sp³-hybridized carbons (Fsp3) is 0.667. The molecule has 0 radical (unpaired) electrons. The Kier molecular flexibility index (Phi) is 7.10. The molecule has 0 bridgehead atoms. The lowest BCUT2D eigenvalue weighted by molar-refractivity contribution is -0.125. The Balaban J connectivity index is 3.27. The predicted molar refractivity (Wildman–Crippen MR) is 48.4 cm³/mol. The van der Waals surface area contributed by atoms with E-state index in [-0.39, 0.29) is 35.4 Å². The van der Waals surface area contributed by atoms with Gasteiger partial charge in [-0.3, -0.25) is 9.59 Å². The van der Waals surface area contributed by atoms with Crippen LogP contribution in [0.3, 0.4) is 0 Å². The standard InChI is InChI=1S/C6H8Br2O3/c7-1-5(9)3-11-4-6(10)2-8/h1-4H2. The second-order valence-corrected chi connectivity index (χ2v) is 2.96. The van der Waals surface area contributed by atoms with Crippen LogP contribution in [0.15, 0.2) is 0 Å². The minimum Gasteiger partial charge on any atom is -0.366 e. The van der Waals surface area contributed by atoms with Gasteiger partial charge in [0.05, 0.1) is 10.7 Å². The molecule has 0 fully saturated rings. The number of rotatable bonds is 6. The van der Waals surface area contributed by atoms with Crippen LogP contribution in [0.1, 0.15) is 0 Å². The lowest BCUT2D eigenvalue weighted by Crippen LogP contribution is -2.15. The third kappa shape index (κ3) is 6.65. The quantitative estimate of drug-likeness (QED) is 0.683. The van der Waals surface area contributed by atoms with Crippen molar-refractivity contribution in [1.82, 2.24) is 0 Å². The molecule has 0 aromatic rings. The van der Waals surface area contributed by atoms with Crippen LogP contribution in [0.2, 0.25) is 0 Å². The Morgan fingerprint density at radius 2 is 1.36 bits per heavy atom. The first-order valence-corrected chi connectivity index (χ1v) is 5.18. The van der Waals surface area contributed by atoms with E-state index in [1.807, 2.05) is 0 Å². The Labute approximate surface area is 81.7 Å². The summed E-state index contributed by atoms with van der Waals surface area (Å²) >= 11 is 5.95. The maximum Gasteiger partial charge on any atom is 0.168 e. The van der Waals surface area contributed by atoms with Gasteiger partial charge < -0.3 is 4.74 Å². The van der Waals surface area contributed by atoms with Crippen molar-refractivity contribution in [3.63, 3.8) is 0 Å². The zero-order chi connectivity index (χ0) is 8.69. The van der Waals surface area contributed by atoms with Crippen molar-refractivity contribution in [3.05, 3.63) is 0 Å². The molecule has 0 saturated carbocycles. The lowest BCUT2D eigenvalue weighted by atomic mass is 10.4. The van der Waals surface area contributed by atoms with Crippen LogP contribution < -0.4 is 0 Å². The van der Waals surface area contributed by atoms with Crippen molar-refractivity contribution >= 4 is 43.4 Å². The van der Waals surface area contributed by atoms with E-state index < -0.39 is 0 Å². The molecular weight excluding hydrogens is 280 g/mol. The van der Waals surface area contributed by atoms with Gasteiger partial charge in [-0.1, -0.05) is 31.9 Å². The summed E-state index contributed by atoms with van der Waals surface area (Å²) < 4.78 is 4.78. The van der Waals surface area contributed by atoms with E-state index in [1.54, 1.807) is 0 Å². The van der Waals surface area contributed by atoms with Crippen molar-refractivity contribution in [2.24, 2.45) is 0 Å². The van der Waals surface area contributed by atoms with Crippen molar-refractivity contribution in [1.29, 1.82) is 0 Å². The molecule has 0 saturated heterocycles. The van der Waals surface area contributed by atoms with E-state index in [4.69, 9.17) is 4.74 Å². The van der Waals surface area contributed by atoms with Gasteiger partial charge in [-0.2, -0.15) is 0 Å². The number of alkyl halides is 2. The predicted octanol–water partition coefficient (Wildman–Crippen LogP) is 0.931. The SMILES string of the molecule is O=C(CBr)COCC(=O)CBr. The molecule has 0 aromatic carbocycles. The molecule has 0 atom stereocenters. The molecule has 0 spiro atoms. The first-order chi connectivity index (χ1) is 5.20. The maximum atomic E-state index is 10.6. The molecule has 0 aromatic heterocycles. The summed E-state index contributed by atoms with van der Waals surface area (Å²) in [5.41, 5.74) is 0. The van der Waals surface area contributed by atoms with Crippen molar-refractivity contribution in [2.45, 2.75) is 0 Å². The fourth-order valence-corrected chi connectivity index (χ4v) is 0.680. The highest BCUT2D eigenvalue weighted by molar-refractivity contribution is 9.09. The van der Waals surface area contributed by atoms with Crippen LogP contribution in [0.4, 0.5) is 0 Å². The number of ketones is 2. The number of halogens is 2. The molecule has 5 heteroatoms. The topological polar surface area (TPSA) is 43.4 Å². The van der Waals surface area contributed by atoms with Gasteiger partial charge in [0.1, 0.15) is 13.2 Å². The average Bonchev–Trinajstić information content (AvgIpc) is 2.04. The number of hydrogen-bond acceptors (Lipinski definition) is 3. The third-order valence-corrected chi connectivity index (χ3v) is 2.08. The summed E-state index contributed by atoms with van der Waals surface area (Å²) in [6.45, 7) is 0.00792. The summed E-state index contributed by atoms with van der Waals surface area (Å²) in [6.07, 6.45) is 0. The minimum absolute atomic E-state index is 0.00396. The molecule has 64 valence electrons. The van der Waals surface area contributed by atoms with Crippen molar-refractivity contribution in [3.8, 4) is 0 Å². The van der Waals surface area contributed by atoms with Crippen LogP contribution in [-0.4, -0.2) is 35.4 Å². The molecule has 11 heavy (non-hydrogen) atoms. The van der Waals surface area contributed by atoms with Gasteiger partial charge in [0, 0.05) is 0 Å². The number of Topliss-reactive ketones (excluding diaryl/α,β-unsaturated/α-hetero) is 2. The normalized spacial score (nSPS) is 9.64. The number of hydrogen-bond donors (Lipinski definition) is 0. The van der Waals surface area contributed by atoms with Gasteiger partial charge in [-0.15, -0.1) is 0 Å². The summed E-state index contributed by atoms with van der Waals surface area (Å²) in [5.74, 6) is -0.125. The van der Waals surface area contributed by atoms with Crippen molar-refractivity contribution in [2.75, 3.05) is 23.9 Å². The van der Waals surface area contributed by atoms with E-state index in [0.29, 0.717) is 0 Å². The molecule has 0 aliphatic rings. The first-order valence-electron chi connectivity index (χ1n) is 2.93. The lowest BCUT2D eigenvalue weighted by Gasteiger charge is -1.98. The fourth-order valence-electron chi connectivity index (χ4n) is 0.356. The first kappa shape index (κ1) is 11.3. The van der Waals surface area contributed by atoms with Gasteiger partial charge in [0.25, 0.3) is 0 Å². The molecule has 0 aliphatic heterocycles. The maximum absolute atomic E-state index is 10.6. The zero-order valence-corrected chi connectivity index (χ0v) is 8.98. The molecule has 3 nitrogen and oxygen atoms in total. The Hall–Kier alpha value is 0.260. The van der Waals surface area contributed by atoms with E-state index in [2.05, 4.69) is 31.9 Å². The zero-order valence-electron chi connectivity index (χ0n) is 5.81. The second-order valence-electron chi connectivity index (χ2n) is 1.84. The second kappa shape index (κ2) is 6.94. The highest BCUT2D eigenvalue weighted by atomic mass is 79.9. The molecule has 0 N–H and O–H groups in total. The molecule has 0 amide bonds. The van der Waals surface area contributed by atoms with Crippen LogP contribution in [-0.2, 0) is 14.3 Å². The van der Waals surface area contributed by atoms with Gasteiger partial charge in [0.15, 0.2) is 11.6 Å². The van der Waals surface area contributed by atoms with E-state index in [0.717, 1.165) is 0 Å². The van der Waals surface area contributed by atoms with Crippen LogP contribution in [0, 0.1) is 0 Å². The van der Waals surface area contributed by atoms with Gasteiger partial charge in [-0.05, 0) is 0 Å². The number of ether oxygens (including phenoxy) is 1. The summed E-state index contributed by atoms with van der Waals surface area (Å²) in [6, 6.07) is 0. The van der Waals surface area contributed by atoms with E-state index in [1.165, 1.54) is 0 Å². The Morgan fingerprint density at radius 3 is 1.64 bits per heavy atom. The molecule has 0 heterocycles. The van der Waals surface area contributed by atoms with E-state index in [9.17, 15) is 9.59 Å². The molecule has 0 unspecified atom stereocenters. The van der Waals surface area contributed by atoms with Gasteiger partial charge in [0.2, 0.25) is 0 Å². The highest BCUT2D eigenvalue weighted by Crippen LogP contribution is 1.87. The highest BCUT2D eigenvalue weighted by Gasteiger charge is 2.02. The van der Waals surface area contributed by atoms with Crippen LogP contribution in [0.25, 0.3) is 0 Å². The van der Waals surface area contributed by atoms with E-state index >= 15 is 0 Å². The number of carbonyl (C=O) groups excluding carboxylic acids is 2. The largest absolute Gasteiger partial charge is 0.366 e. The Bertz CT molecular complexity index is 131. The Morgan fingerprint density at radius 1 is 1.00 bits per heavy atom. The minimum atomic E-state index is -0.0626. The summed E-state index contributed by atoms with van der Waals surface area (Å²) in [7, 11) is 0. The number of carbonyl (C=O) groups is 2. The third-order valence-electron chi connectivity index (χ3n) is 0.824. The summed E-state index contributed by atoms with van der Waals surface area (Å²) in [5, 5.41) is 0.547. The average molecular weight is 288 g/mol. The van der Waals surface area contributed by atoms with Crippen molar-refractivity contribution < 1.29 is 14.3 Å². The summed E-state index contributed by atoms with van der Waals surface area (Å²) in [4.78, 5) is 21.2. The van der Waals surface area contributed by atoms with Gasteiger partial charge in [-0.25, -0.2) is 0 Å². The molecule has 0 rings (SSSR count). The van der Waals surface area contributed by atoms with Gasteiger partial charge >= 0.3 is 0 Å². The van der Waals surface area contributed by atoms with Crippen LogP contribution >= 0.6 is 31.9 Å². The monoisotopic (exact) mass is 286 g/mol. The molecular formula is C6H8Br2O3.